The van der Waals surface area contributed by atoms with Crippen LogP contribution in [-0.4, -0.2) is 45.6 Å². The molecule has 1 atom stereocenters. The summed E-state index contributed by atoms with van der Waals surface area (Å²) >= 11 is 0.938. The lowest BCUT2D eigenvalue weighted by molar-refractivity contribution is -0.142. The summed E-state index contributed by atoms with van der Waals surface area (Å²) in [5.41, 5.74) is 0. The molecule has 0 heterocycles. The fourth-order valence-corrected chi connectivity index (χ4v) is 1.71. The first-order valence-electron chi connectivity index (χ1n) is 5.14. The summed E-state index contributed by atoms with van der Waals surface area (Å²) in [4.78, 5) is 32.4. The van der Waals surface area contributed by atoms with Crippen LogP contribution in [0.4, 0.5) is 0 Å². The van der Waals surface area contributed by atoms with Crippen LogP contribution in [0.3, 0.4) is 0 Å². The van der Waals surface area contributed by atoms with Crippen molar-refractivity contribution in [2.45, 2.75) is 26.3 Å². The standard InChI is InChI=1S/C10H17NO5S/c1-6(2)3-7(10(15)16)11-8(12)4-17-5-9(13)14/h6-7H,3-5H2,1-2H3,(H,11,12)(H,13,14)(H,15,16). The summed E-state index contributed by atoms with van der Waals surface area (Å²) in [7, 11) is 0. The number of nitrogens with one attached hydrogen (secondary N) is 1. The second kappa shape index (κ2) is 7.94. The number of hydrogen-bond donors (Lipinski definition) is 3. The van der Waals surface area contributed by atoms with E-state index < -0.39 is 23.9 Å². The quantitative estimate of drug-likeness (QED) is 0.586. The third-order valence-corrected chi connectivity index (χ3v) is 2.72. The number of carbonyl (C=O) groups is 3. The summed E-state index contributed by atoms with van der Waals surface area (Å²) in [6.45, 7) is 3.72. The average Bonchev–Trinajstić information content (AvgIpc) is 2.15. The van der Waals surface area contributed by atoms with Gasteiger partial charge in [-0.25, -0.2) is 4.79 Å². The maximum atomic E-state index is 11.3. The van der Waals surface area contributed by atoms with E-state index in [4.69, 9.17) is 10.2 Å². The Morgan fingerprint density at radius 3 is 2.18 bits per heavy atom. The smallest absolute Gasteiger partial charge is 0.326 e. The van der Waals surface area contributed by atoms with Crippen molar-refractivity contribution in [3.05, 3.63) is 0 Å². The number of carboxylic acid groups (broad SMARTS) is 2. The van der Waals surface area contributed by atoms with Crippen molar-refractivity contribution >= 4 is 29.6 Å². The topological polar surface area (TPSA) is 104 Å². The van der Waals surface area contributed by atoms with Crippen molar-refractivity contribution < 1.29 is 24.6 Å². The highest BCUT2D eigenvalue weighted by Gasteiger charge is 2.20. The minimum atomic E-state index is -1.07. The van der Waals surface area contributed by atoms with Crippen molar-refractivity contribution in [2.24, 2.45) is 5.92 Å². The van der Waals surface area contributed by atoms with E-state index in [9.17, 15) is 14.4 Å². The monoisotopic (exact) mass is 263 g/mol. The third-order valence-electron chi connectivity index (χ3n) is 1.80. The lowest BCUT2D eigenvalue weighted by atomic mass is 10.0. The lowest BCUT2D eigenvalue weighted by Gasteiger charge is -2.16. The largest absolute Gasteiger partial charge is 0.481 e. The molecule has 1 unspecified atom stereocenters. The maximum Gasteiger partial charge on any atom is 0.326 e. The highest BCUT2D eigenvalue weighted by molar-refractivity contribution is 8.00. The van der Waals surface area contributed by atoms with Gasteiger partial charge in [-0.15, -0.1) is 11.8 Å². The highest BCUT2D eigenvalue weighted by Crippen LogP contribution is 2.06. The van der Waals surface area contributed by atoms with Crippen molar-refractivity contribution in [1.82, 2.24) is 5.32 Å². The van der Waals surface area contributed by atoms with Crippen LogP contribution in [-0.2, 0) is 14.4 Å². The molecule has 0 aliphatic heterocycles. The van der Waals surface area contributed by atoms with Crippen molar-refractivity contribution in [3.8, 4) is 0 Å². The molecule has 0 radical (unpaired) electrons. The van der Waals surface area contributed by atoms with Gasteiger partial charge in [-0.05, 0) is 12.3 Å². The molecule has 0 saturated carbocycles. The van der Waals surface area contributed by atoms with E-state index in [0.29, 0.717) is 6.42 Å². The van der Waals surface area contributed by atoms with Gasteiger partial charge in [0.2, 0.25) is 5.91 Å². The van der Waals surface area contributed by atoms with Gasteiger partial charge in [0.05, 0.1) is 11.5 Å². The average molecular weight is 263 g/mol. The zero-order chi connectivity index (χ0) is 13.4. The summed E-state index contributed by atoms with van der Waals surface area (Å²) in [5, 5.41) is 19.6. The Balaban J connectivity index is 4.04. The number of hydrogen-bond acceptors (Lipinski definition) is 4. The van der Waals surface area contributed by atoms with Crippen LogP contribution in [0.15, 0.2) is 0 Å². The predicted octanol–water partition coefficient (Wildman–Crippen LogP) is 0.420. The molecule has 0 aliphatic carbocycles. The molecule has 0 aromatic heterocycles. The first kappa shape index (κ1) is 15.8. The number of aliphatic carboxylic acids is 2. The Kier molecular flexibility index (Phi) is 7.36. The van der Waals surface area contributed by atoms with Crippen LogP contribution in [0.5, 0.6) is 0 Å². The van der Waals surface area contributed by atoms with Crippen molar-refractivity contribution in [1.29, 1.82) is 0 Å². The molecule has 17 heavy (non-hydrogen) atoms. The number of carbonyl (C=O) groups excluding carboxylic acids is 1. The van der Waals surface area contributed by atoms with Gasteiger partial charge < -0.3 is 15.5 Å². The number of rotatable bonds is 8. The first-order chi connectivity index (χ1) is 7.82. The van der Waals surface area contributed by atoms with E-state index >= 15 is 0 Å². The van der Waals surface area contributed by atoms with Gasteiger partial charge in [0.15, 0.2) is 0 Å². The van der Waals surface area contributed by atoms with Crippen LogP contribution in [0.2, 0.25) is 0 Å². The molecule has 98 valence electrons. The minimum absolute atomic E-state index is 0.0474. The molecule has 0 aliphatic rings. The van der Waals surface area contributed by atoms with Crippen molar-refractivity contribution in [3.63, 3.8) is 0 Å². The fraction of sp³-hybridized carbons (Fsp3) is 0.700. The second-order valence-corrected chi connectivity index (χ2v) is 4.96. The SMILES string of the molecule is CC(C)CC(NC(=O)CSCC(=O)O)C(=O)O. The van der Waals surface area contributed by atoms with Crippen LogP contribution in [0.25, 0.3) is 0 Å². The van der Waals surface area contributed by atoms with Gasteiger partial charge in [-0.3, -0.25) is 9.59 Å². The summed E-state index contributed by atoms with van der Waals surface area (Å²) in [5.74, 6) is -2.59. The van der Waals surface area contributed by atoms with Gasteiger partial charge in [-0.1, -0.05) is 13.8 Å². The Labute approximate surface area is 104 Å². The summed E-state index contributed by atoms with van der Waals surface area (Å²) in [6.07, 6.45) is 0.352. The molecule has 0 spiro atoms. The number of carboxylic acids is 2. The minimum Gasteiger partial charge on any atom is -0.481 e. The van der Waals surface area contributed by atoms with Crippen LogP contribution >= 0.6 is 11.8 Å². The Morgan fingerprint density at radius 2 is 1.76 bits per heavy atom. The predicted molar refractivity (Wildman–Crippen MR) is 64.0 cm³/mol. The normalized spacial score (nSPS) is 12.2. The zero-order valence-corrected chi connectivity index (χ0v) is 10.6. The molecule has 1 amide bonds. The molecule has 0 aromatic carbocycles. The number of amides is 1. The van der Waals surface area contributed by atoms with E-state index in [1.807, 2.05) is 13.8 Å². The number of thioether (sulfide) groups is 1. The van der Waals surface area contributed by atoms with Gasteiger partial charge in [0.1, 0.15) is 6.04 Å². The van der Waals surface area contributed by atoms with Crippen molar-refractivity contribution in [2.75, 3.05) is 11.5 Å². The molecule has 0 aromatic rings. The van der Waals surface area contributed by atoms with E-state index in [1.54, 1.807) is 0 Å². The van der Waals surface area contributed by atoms with E-state index in [1.165, 1.54) is 0 Å². The Hall–Kier alpha value is -1.24. The molecule has 0 saturated heterocycles. The van der Waals surface area contributed by atoms with Crippen LogP contribution < -0.4 is 5.32 Å². The molecule has 0 fully saturated rings. The summed E-state index contributed by atoms with van der Waals surface area (Å²) in [6, 6.07) is -0.909. The fourth-order valence-electron chi connectivity index (χ4n) is 1.16. The first-order valence-corrected chi connectivity index (χ1v) is 6.30. The highest BCUT2D eigenvalue weighted by atomic mass is 32.2. The Bertz CT molecular complexity index is 292. The second-order valence-electron chi connectivity index (χ2n) is 3.97. The molecular weight excluding hydrogens is 246 g/mol. The van der Waals surface area contributed by atoms with Gasteiger partial charge in [0, 0.05) is 0 Å². The van der Waals surface area contributed by atoms with Gasteiger partial charge in [-0.2, -0.15) is 0 Å². The Morgan fingerprint density at radius 1 is 1.18 bits per heavy atom. The molecule has 0 bridgehead atoms. The van der Waals surface area contributed by atoms with Gasteiger partial charge in [0.25, 0.3) is 0 Å². The van der Waals surface area contributed by atoms with Crippen LogP contribution in [0, 0.1) is 5.92 Å². The molecule has 6 nitrogen and oxygen atoms in total. The molecule has 0 rings (SSSR count). The molecule has 7 heteroatoms. The summed E-state index contributed by atoms with van der Waals surface area (Å²) < 4.78 is 0. The molecule has 3 N–H and O–H groups in total. The van der Waals surface area contributed by atoms with E-state index in [0.717, 1.165) is 11.8 Å². The maximum absolute atomic E-state index is 11.3. The van der Waals surface area contributed by atoms with E-state index in [-0.39, 0.29) is 17.4 Å². The zero-order valence-electron chi connectivity index (χ0n) is 9.80. The van der Waals surface area contributed by atoms with Gasteiger partial charge >= 0.3 is 11.9 Å². The molecular formula is C10H17NO5S. The van der Waals surface area contributed by atoms with E-state index in [2.05, 4.69) is 5.32 Å². The van der Waals surface area contributed by atoms with Crippen LogP contribution in [0.1, 0.15) is 20.3 Å². The lowest BCUT2D eigenvalue weighted by Crippen LogP contribution is -2.42. The third kappa shape index (κ3) is 8.56.